The molecule has 1 saturated heterocycles. The number of hydrogen-bond acceptors (Lipinski definition) is 7. The van der Waals surface area contributed by atoms with Crippen LogP contribution in [0, 0.1) is 0 Å². The Morgan fingerprint density at radius 3 is 2.60 bits per heavy atom. The molecule has 1 unspecified atom stereocenters. The first-order valence-electron chi connectivity index (χ1n) is 6.61. The molecule has 1 aliphatic rings. The fraction of sp³-hybridized carbons (Fsp3) is 0.769. The second-order valence-electron chi connectivity index (χ2n) is 4.57. The summed E-state index contributed by atoms with van der Waals surface area (Å²) in [6.45, 7) is 5.33. The van der Waals surface area contributed by atoms with Crippen LogP contribution in [-0.4, -0.2) is 65.2 Å². The Labute approximate surface area is 117 Å². The van der Waals surface area contributed by atoms with Crippen molar-refractivity contribution in [1.29, 1.82) is 0 Å². The Morgan fingerprint density at radius 2 is 2.00 bits per heavy atom. The van der Waals surface area contributed by atoms with Crippen LogP contribution in [0.2, 0.25) is 0 Å². The largest absolute Gasteiger partial charge is 0.460 e. The third kappa shape index (κ3) is 4.53. The second kappa shape index (κ2) is 8.33. The first-order valence-corrected chi connectivity index (χ1v) is 6.61. The smallest absolute Gasteiger partial charge is 0.330 e. The number of aliphatic hydroxyl groups excluding tert-OH is 3. The van der Waals surface area contributed by atoms with E-state index in [1.54, 1.807) is 0 Å². The zero-order valence-corrected chi connectivity index (χ0v) is 11.5. The average molecular weight is 290 g/mol. The molecule has 0 saturated carbocycles. The zero-order valence-electron chi connectivity index (χ0n) is 11.5. The fourth-order valence-electron chi connectivity index (χ4n) is 1.76. The van der Waals surface area contributed by atoms with Crippen LogP contribution in [0.5, 0.6) is 0 Å². The predicted molar refractivity (Wildman–Crippen MR) is 68.7 cm³/mol. The van der Waals surface area contributed by atoms with E-state index in [0.29, 0.717) is 6.61 Å². The molecular formula is C13H22O7. The molecule has 1 rings (SSSR count). The van der Waals surface area contributed by atoms with E-state index < -0.39 is 36.7 Å². The summed E-state index contributed by atoms with van der Waals surface area (Å²) in [6, 6.07) is 0. The van der Waals surface area contributed by atoms with Crippen molar-refractivity contribution in [2.45, 2.75) is 50.5 Å². The molecule has 3 N–H and O–H groups in total. The van der Waals surface area contributed by atoms with Crippen molar-refractivity contribution in [3.05, 3.63) is 12.7 Å². The highest BCUT2D eigenvalue weighted by Crippen LogP contribution is 2.22. The number of esters is 1. The normalized spacial score (nSPS) is 33.7. The number of unbranched alkanes of at least 4 members (excludes halogenated alkanes) is 1. The van der Waals surface area contributed by atoms with Gasteiger partial charge in [0.2, 0.25) is 0 Å². The summed E-state index contributed by atoms with van der Waals surface area (Å²) in [5, 5.41) is 29.3. The Hall–Kier alpha value is -0.990. The highest BCUT2D eigenvalue weighted by Gasteiger charge is 2.44. The summed E-state index contributed by atoms with van der Waals surface area (Å²) < 4.78 is 15.4. The molecular weight excluding hydrogens is 268 g/mol. The van der Waals surface area contributed by atoms with E-state index in [2.05, 4.69) is 6.58 Å². The van der Waals surface area contributed by atoms with Crippen molar-refractivity contribution in [1.82, 2.24) is 0 Å². The highest BCUT2D eigenvalue weighted by atomic mass is 16.7. The molecule has 0 amide bonds. The van der Waals surface area contributed by atoms with Gasteiger partial charge >= 0.3 is 5.97 Å². The number of aliphatic hydroxyl groups is 3. The Kier molecular flexibility index (Phi) is 7.11. The molecule has 1 fully saturated rings. The molecule has 0 spiro atoms. The SMILES string of the molecule is C=CC(=O)OC[C@H]1OC(OCCCC)[C@H](O)[C@@H](O)[C@@H]1O. The molecule has 0 bridgehead atoms. The molecule has 0 aromatic heterocycles. The second-order valence-corrected chi connectivity index (χ2v) is 4.57. The first kappa shape index (κ1) is 17.1. The van der Waals surface area contributed by atoms with Gasteiger partial charge < -0.3 is 29.5 Å². The van der Waals surface area contributed by atoms with Crippen LogP contribution in [0.1, 0.15) is 19.8 Å². The molecule has 1 aliphatic heterocycles. The average Bonchev–Trinajstić information content (AvgIpc) is 2.45. The lowest BCUT2D eigenvalue weighted by Crippen LogP contribution is -2.59. The van der Waals surface area contributed by atoms with Crippen LogP contribution in [0.15, 0.2) is 12.7 Å². The minimum Gasteiger partial charge on any atom is -0.460 e. The summed E-state index contributed by atoms with van der Waals surface area (Å²) in [5.41, 5.74) is 0. The van der Waals surface area contributed by atoms with Gasteiger partial charge in [0.15, 0.2) is 6.29 Å². The maximum absolute atomic E-state index is 11.0. The van der Waals surface area contributed by atoms with Gasteiger partial charge in [0.05, 0.1) is 0 Å². The van der Waals surface area contributed by atoms with Gasteiger partial charge in [-0.05, 0) is 6.42 Å². The molecule has 7 nitrogen and oxygen atoms in total. The van der Waals surface area contributed by atoms with Crippen molar-refractivity contribution in [2.24, 2.45) is 0 Å². The molecule has 7 heteroatoms. The number of hydrogen-bond donors (Lipinski definition) is 3. The number of ether oxygens (including phenoxy) is 3. The number of carbonyl (C=O) groups excluding carboxylic acids is 1. The molecule has 20 heavy (non-hydrogen) atoms. The minimum atomic E-state index is -1.43. The van der Waals surface area contributed by atoms with E-state index >= 15 is 0 Å². The van der Waals surface area contributed by atoms with E-state index in [-0.39, 0.29) is 6.61 Å². The monoisotopic (exact) mass is 290 g/mol. The van der Waals surface area contributed by atoms with Crippen LogP contribution >= 0.6 is 0 Å². The summed E-state index contributed by atoms with van der Waals surface area (Å²) in [5.74, 6) is -0.662. The third-order valence-electron chi connectivity index (χ3n) is 3.01. The van der Waals surface area contributed by atoms with Gasteiger partial charge in [-0.1, -0.05) is 19.9 Å². The summed E-state index contributed by atoms with van der Waals surface area (Å²) in [6.07, 6.45) is -3.51. The van der Waals surface area contributed by atoms with Crippen LogP contribution in [0.3, 0.4) is 0 Å². The van der Waals surface area contributed by atoms with E-state index in [1.165, 1.54) is 0 Å². The van der Waals surface area contributed by atoms with E-state index in [4.69, 9.17) is 14.2 Å². The predicted octanol–water partition coefficient (Wildman–Crippen LogP) is -0.660. The quantitative estimate of drug-likeness (QED) is 0.325. The Balaban J connectivity index is 2.56. The van der Waals surface area contributed by atoms with E-state index in [1.807, 2.05) is 6.92 Å². The molecule has 0 aromatic rings. The van der Waals surface area contributed by atoms with Crippen molar-refractivity contribution < 1.29 is 34.3 Å². The van der Waals surface area contributed by atoms with Crippen molar-refractivity contribution in [3.63, 3.8) is 0 Å². The standard InChI is InChI=1S/C13H22O7/c1-3-5-6-18-13-12(17)11(16)10(15)8(20-13)7-19-9(14)4-2/h4,8,10-13,15-17H,2-3,5-7H2,1H3/t8-,10-,11+,12-,13?/m1/s1. The van der Waals surface area contributed by atoms with Gasteiger partial charge in [-0.25, -0.2) is 4.79 Å². The zero-order chi connectivity index (χ0) is 15.1. The molecule has 5 atom stereocenters. The van der Waals surface area contributed by atoms with Gasteiger partial charge in [-0.2, -0.15) is 0 Å². The lowest BCUT2D eigenvalue weighted by atomic mass is 9.99. The molecule has 0 radical (unpaired) electrons. The number of carbonyl (C=O) groups is 1. The lowest BCUT2D eigenvalue weighted by Gasteiger charge is -2.39. The maximum atomic E-state index is 11.0. The van der Waals surface area contributed by atoms with Gasteiger partial charge in [0, 0.05) is 12.7 Å². The van der Waals surface area contributed by atoms with Crippen LogP contribution in [0.25, 0.3) is 0 Å². The van der Waals surface area contributed by atoms with Gasteiger partial charge in [0.25, 0.3) is 0 Å². The third-order valence-corrected chi connectivity index (χ3v) is 3.01. The van der Waals surface area contributed by atoms with Crippen molar-refractivity contribution in [3.8, 4) is 0 Å². The summed E-state index contributed by atoms with van der Waals surface area (Å²) in [4.78, 5) is 11.0. The molecule has 116 valence electrons. The van der Waals surface area contributed by atoms with Crippen molar-refractivity contribution in [2.75, 3.05) is 13.2 Å². The molecule has 0 aliphatic carbocycles. The maximum Gasteiger partial charge on any atom is 0.330 e. The molecule has 1 heterocycles. The van der Waals surface area contributed by atoms with E-state index in [9.17, 15) is 20.1 Å². The lowest BCUT2D eigenvalue weighted by molar-refractivity contribution is -0.301. The first-order chi connectivity index (χ1) is 9.51. The van der Waals surface area contributed by atoms with Crippen LogP contribution in [0.4, 0.5) is 0 Å². The fourth-order valence-corrected chi connectivity index (χ4v) is 1.76. The minimum absolute atomic E-state index is 0.260. The molecule has 0 aromatic carbocycles. The van der Waals surface area contributed by atoms with Gasteiger partial charge in [0.1, 0.15) is 31.0 Å². The summed E-state index contributed by atoms with van der Waals surface area (Å²) >= 11 is 0. The Bertz CT molecular complexity index is 320. The van der Waals surface area contributed by atoms with E-state index in [0.717, 1.165) is 18.9 Å². The van der Waals surface area contributed by atoms with Crippen LogP contribution in [-0.2, 0) is 19.0 Å². The van der Waals surface area contributed by atoms with Crippen LogP contribution < -0.4 is 0 Å². The highest BCUT2D eigenvalue weighted by molar-refractivity contribution is 5.81. The topological polar surface area (TPSA) is 105 Å². The number of rotatable bonds is 7. The van der Waals surface area contributed by atoms with Crippen molar-refractivity contribution >= 4 is 5.97 Å². The summed E-state index contributed by atoms with van der Waals surface area (Å²) in [7, 11) is 0. The van der Waals surface area contributed by atoms with Gasteiger partial charge in [-0.15, -0.1) is 0 Å². The van der Waals surface area contributed by atoms with Gasteiger partial charge in [-0.3, -0.25) is 0 Å². The Morgan fingerprint density at radius 1 is 1.30 bits per heavy atom.